The second-order valence-electron chi connectivity index (χ2n) is 7.11. The van der Waals surface area contributed by atoms with E-state index in [4.69, 9.17) is 0 Å². The molecule has 27 heavy (non-hydrogen) atoms. The van der Waals surface area contributed by atoms with Gasteiger partial charge in [-0.15, -0.1) is 0 Å². The molecule has 0 heterocycles. The fourth-order valence-electron chi connectivity index (χ4n) is 3.73. The molecular formula is C24H27O2P. The van der Waals surface area contributed by atoms with Crippen LogP contribution in [0.1, 0.15) is 19.8 Å². The molecule has 0 amide bonds. The molecule has 0 aliphatic carbocycles. The summed E-state index contributed by atoms with van der Waals surface area (Å²) in [5, 5.41) is 13.3. The van der Waals surface area contributed by atoms with Crippen molar-refractivity contribution >= 4 is 29.0 Å². The van der Waals surface area contributed by atoms with Crippen molar-refractivity contribution in [2.45, 2.75) is 25.9 Å². The van der Waals surface area contributed by atoms with Crippen molar-refractivity contribution in [3.63, 3.8) is 0 Å². The number of hydrogen-bond acceptors (Lipinski definition) is 2. The van der Waals surface area contributed by atoms with Crippen LogP contribution in [0.15, 0.2) is 91.0 Å². The van der Waals surface area contributed by atoms with Crippen LogP contribution in [0.4, 0.5) is 0 Å². The quantitative estimate of drug-likeness (QED) is 0.610. The van der Waals surface area contributed by atoms with Gasteiger partial charge >= 0.3 is 162 Å². The Morgan fingerprint density at radius 3 is 1.48 bits per heavy atom. The summed E-state index contributed by atoms with van der Waals surface area (Å²) in [6, 6.07) is 31.4. The average molecular weight is 378 g/mol. The maximum absolute atomic E-state index is 13.0. The number of carbonyl (C=O) groups excluding carboxylic acids is 1. The fraction of sp³-hybridized carbons (Fsp3) is 0.208. The van der Waals surface area contributed by atoms with Crippen molar-refractivity contribution in [3.8, 4) is 0 Å². The third-order valence-electron chi connectivity index (χ3n) is 5.10. The van der Waals surface area contributed by atoms with Crippen molar-refractivity contribution < 1.29 is 9.90 Å². The van der Waals surface area contributed by atoms with Gasteiger partial charge in [-0.3, -0.25) is 0 Å². The molecule has 3 rings (SSSR count). The summed E-state index contributed by atoms with van der Waals surface area (Å²) >= 11 is 0. The Kier molecular flexibility index (Phi) is 6.55. The van der Waals surface area contributed by atoms with Crippen LogP contribution in [0.5, 0.6) is 0 Å². The Bertz CT molecular complexity index is 749. The first kappa shape index (κ1) is 19.5. The van der Waals surface area contributed by atoms with Gasteiger partial charge in [0, 0.05) is 0 Å². The van der Waals surface area contributed by atoms with E-state index in [1.165, 1.54) is 15.9 Å². The van der Waals surface area contributed by atoms with Crippen molar-refractivity contribution in [2.75, 3.05) is 6.16 Å². The Morgan fingerprint density at radius 1 is 0.778 bits per heavy atom. The van der Waals surface area contributed by atoms with Gasteiger partial charge in [0.15, 0.2) is 0 Å². The first-order valence-electron chi connectivity index (χ1n) is 9.49. The molecule has 140 valence electrons. The zero-order valence-corrected chi connectivity index (χ0v) is 16.7. The van der Waals surface area contributed by atoms with Gasteiger partial charge in [-0.1, -0.05) is 0 Å². The minimum absolute atomic E-state index is 0.221. The van der Waals surface area contributed by atoms with Gasteiger partial charge in [-0.05, 0) is 0 Å². The Hall–Kier alpha value is -2.28. The molecular weight excluding hydrogens is 351 g/mol. The van der Waals surface area contributed by atoms with Gasteiger partial charge in [-0.2, -0.15) is 0 Å². The molecule has 0 bridgehead atoms. The molecule has 3 aromatic rings. The third kappa shape index (κ3) is 4.53. The van der Waals surface area contributed by atoms with Gasteiger partial charge < -0.3 is 0 Å². The predicted octanol–water partition coefficient (Wildman–Crippen LogP) is 3.44. The maximum atomic E-state index is 13.0. The molecule has 1 atom stereocenters. The summed E-state index contributed by atoms with van der Waals surface area (Å²) in [5.41, 5.74) is 0. The van der Waals surface area contributed by atoms with Crippen molar-refractivity contribution in [1.29, 1.82) is 0 Å². The predicted molar refractivity (Wildman–Crippen MR) is 117 cm³/mol. The monoisotopic (exact) mass is 378 g/mol. The van der Waals surface area contributed by atoms with E-state index in [9.17, 15) is 9.90 Å². The van der Waals surface area contributed by atoms with E-state index in [-0.39, 0.29) is 5.78 Å². The van der Waals surface area contributed by atoms with Gasteiger partial charge in [-0.25, -0.2) is 0 Å². The van der Waals surface area contributed by atoms with Crippen molar-refractivity contribution in [2.24, 2.45) is 0 Å². The van der Waals surface area contributed by atoms with Crippen LogP contribution in [-0.4, -0.2) is 23.2 Å². The van der Waals surface area contributed by atoms with Gasteiger partial charge in [0.05, 0.1) is 0 Å². The molecule has 1 unspecified atom stereocenters. The van der Waals surface area contributed by atoms with E-state index in [0.29, 0.717) is 19.0 Å². The van der Waals surface area contributed by atoms with Crippen LogP contribution < -0.4 is 15.9 Å². The van der Waals surface area contributed by atoms with Crippen LogP contribution in [0, 0.1) is 0 Å². The third-order valence-corrected chi connectivity index (χ3v) is 9.98. The van der Waals surface area contributed by atoms with Crippen LogP contribution in [0.2, 0.25) is 0 Å². The summed E-state index contributed by atoms with van der Waals surface area (Å²) in [4.78, 5) is 13.0. The number of Topliss-reactive ketones (excluding diaryl/α,β-unsaturated/α-hetero) is 1. The second kappa shape index (κ2) is 9.08. The zero-order valence-electron chi connectivity index (χ0n) is 15.7. The molecule has 0 aromatic heterocycles. The fourth-order valence-corrected chi connectivity index (χ4v) is 8.39. The SMILES string of the molecule is CC(O)CCC(=O)C[PH](c1ccccc1)(c1ccccc1)c1ccccc1. The van der Waals surface area contributed by atoms with Gasteiger partial charge in [0.2, 0.25) is 0 Å². The first-order chi connectivity index (χ1) is 13.1. The number of carbonyl (C=O) groups is 1. The minimum atomic E-state index is -2.49. The van der Waals surface area contributed by atoms with Crippen LogP contribution in [0.25, 0.3) is 0 Å². The van der Waals surface area contributed by atoms with E-state index < -0.39 is 13.4 Å². The average Bonchev–Trinajstić information content (AvgIpc) is 2.72. The summed E-state index contributed by atoms with van der Waals surface area (Å²) < 4.78 is 0. The molecule has 1 N–H and O–H groups in total. The number of benzene rings is 3. The number of ketones is 1. The number of aliphatic hydroxyl groups is 1. The molecule has 0 saturated carbocycles. The molecule has 2 nitrogen and oxygen atoms in total. The molecule has 0 aliphatic heterocycles. The topological polar surface area (TPSA) is 37.3 Å². The summed E-state index contributed by atoms with van der Waals surface area (Å²) in [6.07, 6.45) is 0.994. The molecule has 0 radical (unpaired) electrons. The standard InChI is InChI=1S/C24H27O2P/c1-20(25)17-18-21(26)19-27(22-11-5-2-6-12-22,23-13-7-3-8-14-23)24-15-9-4-10-16-24/h2-16,20,25,27H,17-19H2,1H3. The number of aliphatic hydroxyl groups excluding tert-OH is 1. The zero-order chi connectivity index (χ0) is 19.1. The normalized spacial score (nSPS) is 13.1. The summed E-state index contributed by atoms with van der Waals surface area (Å²) in [5.74, 6) is 0.221. The molecule has 0 saturated heterocycles. The number of rotatable bonds is 8. The van der Waals surface area contributed by atoms with Crippen LogP contribution >= 0.6 is 7.26 Å². The summed E-state index contributed by atoms with van der Waals surface area (Å²) in [6.45, 7) is 1.74. The van der Waals surface area contributed by atoms with E-state index in [1.54, 1.807) is 6.92 Å². The van der Waals surface area contributed by atoms with E-state index in [0.717, 1.165) is 0 Å². The molecule has 0 fully saturated rings. The van der Waals surface area contributed by atoms with Gasteiger partial charge in [0.1, 0.15) is 0 Å². The molecule has 3 aromatic carbocycles. The van der Waals surface area contributed by atoms with E-state index >= 15 is 0 Å². The Balaban J connectivity index is 2.15. The second-order valence-corrected chi connectivity index (χ2v) is 11.0. The van der Waals surface area contributed by atoms with E-state index in [1.807, 2.05) is 18.2 Å². The van der Waals surface area contributed by atoms with Crippen molar-refractivity contribution in [1.82, 2.24) is 0 Å². The van der Waals surface area contributed by atoms with E-state index in [2.05, 4.69) is 72.8 Å². The number of hydrogen-bond donors (Lipinski definition) is 1. The Labute approximate surface area is 162 Å². The van der Waals surface area contributed by atoms with Gasteiger partial charge in [0.25, 0.3) is 0 Å². The molecule has 0 spiro atoms. The van der Waals surface area contributed by atoms with Crippen LogP contribution in [0.3, 0.4) is 0 Å². The molecule has 0 aliphatic rings. The summed E-state index contributed by atoms with van der Waals surface area (Å²) in [7, 11) is -2.49. The Morgan fingerprint density at radius 2 is 1.15 bits per heavy atom. The molecule has 3 heteroatoms. The first-order valence-corrected chi connectivity index (χ1v) is 11.7. The van der Waals surface area contributed by atoms with Crippen LogP contribution in [-0.2, 0) is 4.79 Å². The van der Waals surface area contributed by atoms with Crippen molar-refractivity contribution in [3.05, 3.63) is 91.0 Å².